The molecule has 0 bridgehead atoms. The van der Waals surface area contributed by atoms with Crippen molar-refractivity contribution < 1.29 is 0 Å². The van der Waals surface area contributed by atoms with E-state index in [0.717, 1.165) is 12.8 Å². The lowest BCUT2D eigenvalue weighted by Gasteiger charge is -2.36. The molecule has 0 aromatic heterocycles. The highest BCUT2D eigenvalue weighted by Gasteiger charge is 2.47. The van der Waals surface area contributed by atoms with Gasteiger partial charge in [0, 0.05) is 0 Å². The van der Waals surface area contributed by atoms with E-state index in [2.05, 4.69) is 201 Å². The molecule has 2 aliphatic carbocycles. The molecule has 264 valence electrons. The number of fused-ring (bicyclic) bond motifs is 2. The smallest absolute Gasteiger partial charge is 0.0626 e. The average molecular weight is 705 g/mol. The number of hydrogen-bond acceptors (Lipinski definition) is 0. The maximum absolute atomic E-state index is 2.70. The lowest BCUT2D eigenvalue weighted by molar-refractivity contribution is 0.589. The third kappa shape index (κ3) is 6.10. The molecule has 8 rings (SSSR count). The van der Waals surface area contributed by atoms with E-state index in [9.17, 15) is 0 Å². The van der Waals surface area contributed by atoms with Crippen LogP contribution in [-0.2, 0) is 23.7 Å². The summed E-state index contributed by atoms with van der Waals surface area (Å²) in [5.41, 5.74) is 16.7. The molecule has 0 saturated heterocycles. The molecule has 6 aromatic carbocycles. The fraction of sp³-hybridized carbons (Fsp3) is 0.231. The topological polar surface area (TPSA) is 0 Å². The fourth-order valence-electron chi connectivity index (χ4n) is 9.04. The number of benzene rings is 6. The van der Waals surface area contributed by atoms with Crippen LogP contribution in [0.1, 0.15) is 86.1 Å². The second-order valence-corrected chi connectivity index (χ2v) is 21.4. The van der Waals surface area contributed by atoms with Crippen LogP contribution in [0.5, 0.6) is 0 Å². The van der Waals surface area contributed by atoms with E-state index < -0.39 is 8.07 Å². The third-order valence-electron chi connectivity index (χ3n) is 11.9. The van der Waals surface area contributed by atoms with Gasteiger partial charge in [-0.2, -0.15) is 0 Å². The lowest BCUT2D eigenvalue weighted by atomic mass is 9.84. The lowest BCUT2D eigenvalue weighted by Crippen LogP contribution is -2.62. The molecule has 0 radical (unpaired) electrons. The molecule has 0 unspecified atom stereocenters. The van der Waals surface area contributed by atoms with Crippen LogP contribution in [0, 0.1) is 13.8 Å². The van der Waals surface area contributed by atoms with E-state index in [4.69, 9.17) is 0 Å². The monoisotopic (exact) mass is 704 g/mol. The summed E-state index contributed by atoms with van der Waals surface area (Å²) < 4.78 is 0. The van der Waals surface area contributed by atoms with Crippen LogP contribution in [0.25, 0.3) is 34.4 Å². The standard InChI is InChI=1S/C52H52Si/c1-35-29-39(51(3,4)5)25-27-45(35)47-23-15-17-37-31-43(33-49(37)47)53(41-19-11-9-12-20-41,42-21-13-10-14-22-42)44-32-38-18-16-24-48(50(38)34-44)46-28-26-40(30-36(46)2)52(6,7)8/h9-30,33-34H,31-32H2,1-8H3. The van der Waals surface area contributed by atoms with E-state index >= 15 is 0 Å². The Kier molecular flexibility index (Phi) is 8.70. The first-order valence-corrected chi connectivity index (χ1v) is 21.4. The molecular weight excluding hydrogens is 653 g/mol. The van der Waals surface area contributed by atoms with Gasteiger partial charge in [0.15, 0.2) is 8.07 Å². The summed E-state index contributed by atoms with van der Waals surface area (Å²) >= 11 is 0. The summed E-state index contributed by atoms with van der Waals surface area (Å²) in [5.74, 6) is 0. The molecule has 53 heavy (non-hydrogen) atoms. The summed E-state index contributed by atoms with van der Waals surface area (Å²) in [6.45, 7) is 18.4. The minimum atomic E-state index is -2.70. The van der Waals surface area contributed by atoms with Gasteiger partial charge in [-0.15, -0.1) is 0 Å². The van der Waals surface area contributed by atoms with Gasteiger partial charge in [0.05, 0.1) is 0 Å². The summed E-state index contributed by atoms with van der Waals surface area (Å²) in [6.07, 6.45) is 7.17. The minimum Gasteiger partial charge on any atom is -0.0626 e. The first-order valence-electron chi connectivity index (χ1n) is 19.4. The first kappa shape index (κ1) is 35.1. The van der Waals surface area contributed by atoms with Gasteiger partial charge in [0.2, 0.25) is 0 Å². The second kappa shape index (κ2) is 13.1. The molecule has 0 amide bonds. The zero-order valence-corrected chi connectivity index (χ0v) is 33.8. The van der Waals surface area contributed by atoms with Gasteiger partial charge in [-0.25, -0.2) is 0 Å². The molecule has 0 heterocycles. The van der Waals surface area contributed by atoms with Gasteiger partial charge in [-0.1, -0.05) is 198 Å². The summed E-state index contributed by atoms with van der Waals surface area (Å²) in [6, 6.07) is 51.2. The van der Waals surface area contributed by atoms with Crippen molar-refractivity contribution in [3.8, 4) is 22.3 Å². The predicted molar refractivity (Wildman–Crippen MR) is 232 cm³/mol. The molecule has 0 spiro atoms. The molecule has 1 heteroatoms. The quantitative estimate of drug-likeness (QED) is 0.151. The van der Waals surface area contributed by atoms with Gasteiger partial charge in [-0.05, 0) is 115 Å². The van der Waals surface area contributed by atoms with E-state index in [-0.39, 0.29) is 10.8 Å². The molecule has 0 saturated carbocycles. The number of allylic oxidation sites excluding steroid dienone is 2. The molecule has 0 atom stereocenters. The van der Waals surface area contributed by atoms with Crippen molar-refractivity contribution in [2.24, 2.45) is 0 Å². The van der Waals surface area contributed by atoms with Crippen LogP contribution in [-0.4, -0.2) is 8.07 Å². The Labute approximate surface area is 319 Å². The zero-order valence-electron chi connectivity index (χ0n) is 32.8. The number of aryl methyl sites for hydroxylation is 2. The largest absolute Gasteiger partial charge is 0.172 e. The van der Waals surface area contributed by atoms with Crippen LogP contribution in [0.15, 0.2) is 144 Å². The second-order valence-electron chi connectivity index (χ2n) is 17.5. The summed E-state index contributed by atoms with van der Waals surface area (Å²) in [4.78, 5) is 0. The summed E-state index contributed by atoms with van der Waals surface area (Å²) in [5, 5.41) is 6.08. The van der Waals surface area contributed by atoms with Gasteiger partial charge in [0.1, 0.15) is 0 Å². The highest BCUT2D eigenvalue weighted by molar-refractivity contribution is 7.13. The zero-order chi connectivity index (χ0) is 37.1. The van der Waals surface area contributed by atoms with E-state index in [1.54, 1.807) is 10.4 Å². The first-order chi connectivity index (χ1) is 25.4. The Balaban J connectivity index is 1.34. The Morgan fingerprint density at radius 3 is 1.17 bits per heavy atom. The van der Waals surface area contributed by atoms with Crippen molar-refractivity contribution >= 4 is 30.6 Å². The van der Waals surface area contributed by atoms with Crippen molar-refractivity contribution in [2.45, 2.75) is 79.1 Å². The molecule has 0 aliphatic heterocycles. The molecule has 6 aromatic rings. The SMILES string of the molecule is Cc1cc(C(C)(C)C)ccc1-c1cccc2c1C=C([Si](C1=Cc3c(cccc3-c3ccc(C(C)(C)C)cc3C)C1)(c1ccccc1)c1ccccc1)C2. The van der Waals surface area contributed by atoms with Crippen molar-refractivity contribution in [1.29, 1.82) is 0 Å². The maximum Gasteiger partial charge on any atom is 0.172 e. The van der Waals surface area contributed by atoms with Gasteiger partial charge in [-0.3, -0.25) is 0 Å². The summed E-state index contributed by atoms with van der Waals surface area (Å²) in [7, 11) is -2.70. The van der Waals surface area contributed by atoms with Crippen LogP contribution in [0.3, 0.4) is 0 Å². The Morgan fingerprint density at radius 1 is 0.415 bits per heavy atom. The predicted octanol–water partition coefficient (Wildman–Crippen LogP) is 12.2. The average Bonchev–Trinajstić information content (AvgIpc) is 3.78. The Bertz CT molecular complexity index is 2240. The Hall–Kier alpha value is -4.98. The van der Waals surface area contributed by atoms with Gasteiger partial charge in [0.25, 0.3) is 0 Å². The van der Waals surface area contributed by atoms with E-state index in [0.29, 0.717) is 0 Å². The van der Waals surface area contributed by atoms with Crippen molar-refractivity contribution in [3.05, 3.63) is 188 Å². The van der Waals surface area contributed by atoms with Crippen molar-refractivity contribution in [1.82, 2.24) is 0 Å². The minimum absolute atomic E-state index is 0.118. The van der Waals surface area contributed by atoms with Crippen LogP contribution in [0.2, 0.25) is 0 Å². The number of rotatable bonds is 6. The normalized spacial score (nSPS) is 14.1. The van der Waals surface area contributed by atoms with Gasteiger partial charge >= 0.3 is 0 Å². The molecular formula is C52H52Si. The van der Waals surface area contributed by atoms with Gasteiger partial charge < -0.3 is 0 Å². The third-order valence-corrected chi connectivity index (χ3v) is 16.9. The molecule has 0 N–H and O–H groups in total. The van der Waals surface area contributed by atoms with Crippen LogP contribution >= 0.6 is 0 Å². The fourth-order valence-corrected chi connectivity index (χ4v) is 14.3. The van der Waals surface area contributed by atoms with Crippen LogP contribution in [0.4, 0.5) is 0 Å². The molecule has 0 nitrogen and oxygen atoms in total. The van der Waals surface area contributed by atoms with Crippen molar-refractivity contribution in [2.75, 3.05) is 0 Å². The van der Waals surface area contributed by atoms with Crippen molar-refractivity contribution in [3.63, 3.8) is 0 Å². The Morgan fingerprint density at radius 2 is 0.811 bits per heavy atom. The highest BCUT2D eigenvalue weighted by atomic mass is 28.3. The number of hydrogen-bond donors (Lipinski definition) is 0. The maximum atomic E-state index is 2.62. The highest BCUT2D eigenvalue weighted by Crippen LogP contribution is 2.45. The molecule has 0 fully saturated rings. The van der Waals surface area contributed by atoms with Crippen LogP contribution < -0.4 is 10.4 Å². The van der Waals surface area contributed by atoms with E-state index in [1.165, 1.54) is 77.1 Å². The van der Waals surface area contributed by atoms with E-state index in [1.807, 2.05) is 0 Å². The molecule has 2 aliphatic rings.